The number of para-hydroxylation sites is 1. The number of H-pyrrole nitrogens is 1. The van der Waals surface area contributed by atoms with Crippen LogP contribution in [-0.4, -0.2) is 17.9 Å². The fraction of sp³-hybridized carbons (Fsp3) is 0.0588. The number of fused-ring (bicyclic) bond motifs is 1. The average Bonchev–Trinajstić information content (AvgIpc) is 2.55. The molecule has 1 heterocycles. The van der Waals surface area contributed by atoms with Crippen molar-refractivity contribution in [3.8, 4) is 0 Å². The molecule has 1 amide bonds. The van der Waals surface area contributed by atoms with Crippen LogP contribution in [0.3, 0.4) is 0 Å². The molecule has 5 nitrogen and oxygen atoms in total. The van der Waals surface area contributed by atoms with Crippen LogP contribution >= 0.6 is 0 Å². The number of hydrogen-bond acceptors (Lipinski definition) is 3. The maximum atomic E-state index is 12.4. The number of hydrogen-bond donors (Lipinski definition) is 3. The topological polar surface area (TPSA) is 74.0 Å². The van der Waals surface area contributed by atoms with Crippen molar-refractivity contribution in [2.75, 3.05) is 17.7 Å². The molecule has 0 atom stereocenters. The summed E-state index contributed by atoms with van der Waals surface area (Å²) in [6, 6.07) is 14.4. The lowest BCUT2D eigenvalue weighted by molar-refractivity contribution is 0.102. The first-order valence-corrected chi connectivity index (χ1v) is 6.88. The lowest BCUT2D eigenvalue weighted by Gasteiger charge is -2.07. The molecule has 22 heavy (non-hydrogen) atoms. The van der Waals surface area contributed by atoms with Gasteiger partial charge in [0.25, 0.3) is 5.91 Å². The quantitative estimate of drug-likeness (QED) is 0.695. The molecule has 0 saturated heterocycles. The summed E-state index contributed by atoms with van der Waals surface area (Å²) in [5.74, 6) is -0.430. The highest BCUT2D eigenvalue weighted by Gasteiger charge is 2.13. The molecule has 0 fully saturated rings. The number of pyridine rings is 1. The maximum Gasteiger partial charge on any atom is 0.261 e. The van der Waals surface area contributed by atoms with E-state index < -0.39 is 5.91 Å². The Labute approximate surface area is 127 Å². The largest absolute Gasteiger partial charge is 0.388 e. The lowest BCUT2D eigenvalue weighted by atomic mass is 10.1. The Balaban J connectivity index is 1.95. The molecule has 0 spiro atoms. The number of nitrogens with one attached hydrogen (secondary N) is 3. The fourth-order valence-electron chi connectivity index (χ4n) is 2.29. The molecular formula is C17H15N3O2. The van der Waals surface area contributed by atoms with Gasteiger partial charge in [-0.15, -0.1) is 0 Å². The van der Waals surface area contributed by atoms with Gasteiger partial charge >= 0.3 is 0 Å². The van der Waals surface area contributed by atoms with Gasteiger partial charge in [-0.05, 0) is 30.3 Å². The first-order valence-electron chi connectivity index (χ1n) is 6.88. The zero-order valence-corrected chi connectivity index (χ0v) is 12.0. The third kappa shape index (κ3) is 2.56. The van der Waals surface area contributed by atoms with Gasteiger partial charge < -0.3 is 15.6 Å². The van der Waals surface area contributed by atoms with Gasteiger partial charge in [-0.3, -0.25) is 9.59 Å². The molecule has 3 aromatic rings. The zero-order valence-electron chi connectivity index (χ0n) is 12.0. The number of aromatic amines is 1. The SMILES string of the molecule is CNc1cccc(NC(=O)c2c[nH]c3ccccc3c2=O)c1. The standard InChI is InChI=1S/C17H15N3O2/c1-18-11-5-4-6-12(9-11)20-17(22)14-10-19-15-8-3-2-7-13(15)16(14)21/h2-10,18H,1H3,(H,19,21)(H,20,22). The van der Waals surface area contributed by atoms with Crippen molar-refractivity contribution in [3.63, 3.8) is 0 Å². The highest BCUT2D eigenvalue weighted by Crippen LogP contribution is 2.15. The number of benzene rings is 2. The van der Waals surface area contributed by atoms with E-state index in [-0.39, 0.29) is 11.0 Å². The monoisotopic (exact) mass is 293 g/mol. The van der Waals surface area contributed by atoms with E-state index in [1.807, 2.05) is 18.2 Å². The summed E-state index contributed by atoms with van der Waals surface area (Å²) < 4.78 is 0. The van der Waals surface area contributed by atoms with E-state index in [1.54, 1.807) is 37.4 Å². The minimum Gasteiger partial charge on any atom is -0.388 e. The van der Waals surface area contributed by atoms with Crippen molar-refractivity contribution >= 4 is 28.2 Å². The van der Waals surface area contributed by atoms with E-state index in [9.17, 15) is 9.59 Å². The Kier molecular flexibility index (Phi) is 3.62. The van der Waals surface area contributed by atoms with E-state index in [0.29, 0.717) is 16.6 Å². The van der Waals surface area contributed by atoms with E-state index in [0.717, 1.165) is 5.69 Å². The molecule has 0 saturated carbocycles. The number of amides is 1. The third-order valence-electron chi connectivity index (χ3n) is 3.44. The van der Waals surface area contributed by atoms with E-state index in [2.05, 4.69) is 15.6 Å². The van der Waals surface area contributed by atoms with Gasteiger partial charge in [-0.25, -0.2) is 0 Å². The van der Waals surface area contributed by atoms with Crippen molar-refractivity contribution in [2.45, 2.75) is 0 Å². The molecule has 0 aliphatic heterocycles. The van der Waals surface area contributed by atoms with E-state index in [1.165, 1.54) is 6.20 Å². The third-order valence-corrected chi connectivity index (χ3v) is 3.44. The van der Waals surface area contributed by atoms with Gasteiger partial charge in [0, 0.05) is 35.5 Å². The maximum absolute atomic E-state index is 12.4. The Morgan fingerprint density at radius 1 is 1.05 bits per heavy atom. The molecule has 0 radical (unpaired) electrons. The number of carbonyl (C=O) groups excluding carboxylic acids is 1. The highest BCUT2D eigenvalue weighted by atomic mass is 16.2. The molecule has 2 aromatic carbocycles. The van der Waals surface area contributed by atoms with Crippen molar-refractivity contribution < 1.29 is 4.79 Å². The number of rotatable bonds is 3. The Hall–Kier alpha value is -3.08. The second-order valence-electron chi connectivity index (χ2n) is 4.86. The Morgan fingerprint density at radius 3 is 2.64 bits per heavy atom. The summed E-state index contributed by atoms with van der Waals surface area (Å²) >= 11 is 0. The van der Waals surface area contributed by atoms with Gasteiger partial charge in [0.1, 0.15) is 5.56 Å². The summed E-state index contributed by atoms with van der Waals surface area (Å²) in [5, 5.41) is 6.24. The van der Waals surface area contributed by atoms with Gasteiger partial charge in [0.2, 0.25) is 5.43 Å². The van der Waals surface area contributed by atoms with E-state index in [4.69, 9.17) is 0 Å². The lowest BCUT2D eigenvalue weighted by Crippen LogP contribution is -2.21. The minimum atomic E-state index is -0.430. The second-order valence-corrected chi connectivity index (χ2v) is 4.86. The van der Waals surface area contributed by atoms with Crippen molar-refractivity contribution in [1.82, 2.24) is 4.98 Å². The van der Waals surface area contributed by atoms with E-state index >= 15 is 0 Å². The molecule has 110 valence electrons. The first-order chi connectivity index (χ1) is 10.7. The number of carbonyl (C=O) groups is 1. The van der Waals surface area contributed by atoms with Crippen LogP contribution in [-0.2, 0) is 0 Å². The molecule has 0 bridgehead atoms. The van der Waals surface area contributed by atoms with Crippen LogP contribution in [0.4, 0.5) is 11.4 Å². The summed E-state index contributed by atoms with van der Waals surface area (Å²) in [6.45, 7) is 0. The van der Waals surface area contributed by atoms with Gasteiger partial charge in [0.15, 0.2) is 0 Å². The van der Waals surface area contributed by atoms with Gasteiger partial charge in [0.05, 0.1) is 0 Å². The zero-order chi connectivity index (χ0) is 15.5. The molecule has 1 aromatic heterocycles. The predicted octanol–water partition coefficient (Wildman–Crippen LogP) is 2.82. The average molecular weight is 293 g/mol. The molecule has 0 unspecified atom stereocenters. The Bertz CT molecular complexity index is 900. The number of aromatic nitrogens is 1. The smallest absolute Gasteiger partial charge is 0.261 e. The van der Waals surface area contributed by atoms with Crippen molar-refractivity contribution in [2.24, 2.45) is 0 Å². The summed E-state index contributed by atoms with van der Waals surface area (Å²) in [6.07, 6.45) is 1.45. The normalized spacial score (nSPS) is 10.4. The van der Waals surface area contributed by atoms with Crippen LogP contribution < -0.4 is 16.1 Å². The highest BCUT2D eigenvalue weighted by molar-refractivity contribution is 6.05. The predicted molar refractivity (Wildman–Crippen MR) is 88.5 cm³/mol. The Morgan fingerprint density at radius 2 is 1.82 bits per heavy atom. The first kappa shape index (κ1) is 13.9. The molecule has 0 aliphatic carbocycles. The molecule has 0 aliphatic rings. The van der Waals surface area contributed by atoms with Crippen LogP contribution in [0.25, 0.3) is 10.9 Å². The van der Waals surface area contributed by atoms with Crippen molar-refractivity contribution in [1.29, 1.82) is 0 Å². The summed E-state index contributed by atoms with van der Waals surface area (Å²) in [7, 11) is 1.80. The molecule has 3 N–H and O–H groups in total. The van der Waals surface area contributed by atoms with Crippen LogP contribution in [0.1, 0.15) is 10.4 Å². The van der Waals surface area contributed by atoms with Crippen molar-refractivity contribution in [3.05, 3.63) is 70.5 Å². The molecule has 5 heteroatoms. The van der Waals surface area contributed by atoms with Gasteiger partial charge in [-0.2, -0.15) is 0 Å². The van der Waals surface area contributed by atoms with Crippen LogP contribution in [0.15, 0.2) is 59.5 Å². The summed E-state index contributed by atoms with van der Waals surface area (Å²) in [4.78, 5) is 27.7. The number of anilines is 2. The molecular weight excluding hydrogens is 278 g/mol. The minimum absolute atomic E-state index is 0.0913. The van der Waals surface area contributed by atoms with Crippen LogP contribution in [0.2, 0.25) is 0 Å². The van der Waals surface area contributed by atoms with Crippen LogP contribution in [0.5, 0.6) is 0 Å². The summed E-state index contributed by atoms with van der Waals surface area (Å²) in [5.41, 5.74) is 2.03. The van der Waals surface area contributed by atoms with Crippen LogP contribution in [0, 0.1) is 0 Å². The second kappa shape index (κ2) is 5.73. The fourth-order valence-corrected chi connectivity index (χ4v) is 2.29. The van der Waals surface area contributed by atoms with Gasteiger partial charge in [-0.1, -0.05) is 18.2 Å². The molecule has 3 rings (SSSR count).